The van der Waals surface area contributed by atoms with Crippen LogP contribution in [0.1, 0.15) is 6.42 Å². The molecule has 1 aliphatic rings. The molecule has 10 heteroatoms. The topological polar surface area (TPSA) is 67.4 Å². The quantitative estimate of drug-likeness (QED) is 0.870. The lowest BCUT2D eigenvalue weighted by molar-refractivity contribution is -0.275. The van der Waals surface area contributed by atoms with Crippen LogP contribution in [0.2, 0.25) is 0 Å². The second-order valence-corrected chi connectivity index (χ2v) is 5.99. The summed E-state index contributed by atoms with van der Waals surface area (Å²) in [6.07, 6.45) is -4.36. The zero-order valence-electron chi connectivity index (χ0n) is 10.7. The number of nitrogens with one attached hydrogen (secondary N) is 2. The number of halogens is 4. The molecule has 0 spiro atoms. The van der Waals surface area contributed by atoms with Gasteiger partial charge >= 0.3 is 6.36 Å². The van der Waals surface area contributed by atoms with Crippen LogP contribution in [0.15, 0.2) is 29.2 Å². The highest BCUT2D eigenvalue weighted by Gasteiger charge is 2.34. The van der Waals surface area contributed by atoms with Crippen molar-refractivity contribution in [1.29, 1.82) is 0 Å². The lowest BCUT2D eigenvalue weighted by atomic mass is 10.3. The molecule has 1 unspecified atom stereocenters. The summed E-state index contributed by atoms with van der Waals surface area (Å²) in [4.78, 5) is -0.524. The Morgan fingerprint density at radius 2 is 1.95 bits per heavy atom. The van der Waals surface area contributed by atoms with Crippen molar-refractivity contribution in [3.63, 3.8) is 0 Å². The highest BCUT2D eigenvalue weighted by molar-refractivity contribution is 7.89. The van der Waals surface area contributed by atoms with Crippen molar-refractivity contribution in [3.8, 4) is 5.75 Å². The fraction of sp³-hybridized carbons (Fsp3) is 0.455. The van der Waals surface area contributed by atoms with E-state index in [1.165, 1.54) is 12.1 Å². The number of para-hydroxylation sites is 1. The average molecular weight is 347 g/mol. The van der Waals surface area contributed by atoms with E-state index in [1.807, 2.05) is 0 Å². The standard InChI is InChI=1S/C11H13F3N2O3S.ClH/c12-11(13,14)19-9-3-1-2-4-10(9)20(17,18)16-8-5-6-15-7-8;/h1-4,8,15-16H,5-7H2;1H. The summed E-state index contributed by atoms with van der Waals surface area (Å²) in [5.74, 6) is -0.738. The van der Waals surface area contributed by atoms with E-state index in [2.05, 4.69) is 14.8 Å². The number of hydrogen-bond donors (Lipinski definition) is 2. The molecule has 1 aliphatic heterocycles. The summed E-state index contributed by atoms with van der Waals surface area (Å²) >= 11 is 0. The van der Waals surface area contributed by atoms with Gasteiger partial charge in [-0.3, -0.25) is 0 Å². The van der Waals surface area contributed by atoms with Crippen molar-refractivity contribution in [2.45, 2.75) is 23.7 Å². The number of hydrogen-bond acceptors (Lipinski definition) is 4. The number of alkyl halides is 3. The van der Waals surface area contributed by atoms with E-state index in [-0.39, 0.29) is 18.4 Å². The molecule has 0 bridgehead atoms. The summed E-state index contributed by atoms with van der Waals surface area (Å²) in [7, 11) is -4.06. The maximum Gasteiger partial charge on any atom is 0.573 e. The Morgan fingerprint density at radius 1 is 1.29 bits per heavy atom. The van der Waals surface area contributed by atoms with E-state index >= 15 is 0 Å². The smallest absolute Gasteiger partial charge is 0.404 e. The molecule has 5 nitrogen and oxygen atoms in total. The van der Waals surface area contributed by atoms with Gasteiger partial charge in [-0.25, -0.2) is 13.1 Å². The third-order valence-corrected chi connectivity index (χ3v) is 4.31. The van der Waals surface area contributed by atoms with Crippen LogP contribution in [-0.4, -0.2) is 33.9 Å². The molecule has 0 aliphatic carbocycles. The molecule has 0 amide bonds. The number of ether oxygens (including phenoxy) is 1. The third-order valence-electron chi connectivity index (χ3n) is 2.75. The minimum Gasteiger partial charge on any atom is -0.404 e. The highest BCUT2D eigenvalue weighted by atomic mass is 35.5. The van der Waals surface area contributed by atoms with Gasteiger partial charge in [0, 0.05) is 12.6 Å². The number of benzene rings is 1. The van der Waals surface area contributed by atoms with Gasteiger partial charge < -0.3 is 10.1 Å². The Labute approximate surface area is 126 Å². The maximum atomic E-state index is 12.3. The molecule has 2 rings (SSSR count). The fourth-order valence-electron chi connectivity index (χ4n) is 1.92. The lowest BCUT2D eigenvalue weighted by Crippen LogP contribution is -2.36. The van der Waals surface area contributed by atoms with Gasteiger partial charge in [0.15, 0.2) is 0 Å². The van der Waals surface area contributed by atoms with Crippen LogP contribution < -0.4 is 14.8 Å². The van der Waals surface area contributed by atoms with Gasteiger partial charge in [0.1, 0.15) is 10.6 Å². The van der Waals surface area contributed by atoms with Gasteiger partial charge in [-0.05, 0) is 25.1 Å². The molecular weight excluding hydrogens is 333 g/mol. The first-order valence-corrected chi connectivity index (χ1v) is 7.34. The summed E-state index contributed by atoms with van der Waals surface area (Å²) in [5.41, 5.74) is 0. The number of sulfonamides is 1. The van der Waals surface area contributed by atoms with Crippen LogP contribution >= 0.6 is 12.4 Å². The Morgan fingerprint density at radius 3 is 2.52 bits per heavy atom. The molecule has 1 saturated heterocycles. The first-order chi connectivity index (χ1) is 9.28. The zero-order valence-corrected chi connectivity index (χ0v) is 12.3. The van der Waals surface area contributed by atoms with Gasteiger partial charge in [-0.1, -0.05) is 12.1 Å². The van der Waals surface area contributed by atoms with E-state index < -0.39 is 27.0 Å². The maximum absolute atomic E-state index is 12.3. The molecule has 1 aromatic carbocycles. The Bertz CT molecular complexity index is 574. The molecule has 0 saturated carbocycles. The van der Waals surface area contributed by atoms with Gasteiger partial charge in [-0.2, -0.15) is 0 Å². The largest absolute Gasteiger partial charge is 0.573 e. The first-order valence-electron chi connectivity index (χ1n) is 5.86. The molecule has 1 heterocycles. The van der Waals surface area contributed by atoms with Crippen LogP contribution in [0.5, 0.6) is 5.75 Å². The SMILES string of the molecule is Cl.O=S(=O)(NC1CCNC1)c1ccccc1OC(F)(F)F. The molecule has 0 aromatic heterocycles. The van der Waals surface area contributed by atoms with E-state index in [0.717, 1.165) is 12.1 Å². The Kier molecular flexibility index (Phi) is 5.85. The first kappa shape index (κ1) is 18.0. The van der Waals surface area contributed by atoms with E-state index in [9.17, 15) is 21.6 Å². The summed E-state index contributed by atoms with van der Waals surface area (Å²) in [6.45, 7) is 1.11. The second-order valence-electron chi connectivity index (χ2n) is 4.31. The van der Waals surface area contributed by atoms with Crippen molar-refractivity contribution in [2.24, 2.45) is 0 Å². The van der Waals surface area contributed by atoms with Gasteiger partial charge in [-0.15, -0.1) is 25.6 Å². The van der Waals surface area contributed by atoms with Crippen LogP contribution in [-0.2, 0) is 10.0 Å². The molecule has 1 atom stereocenters. The van der Waals surface area contributed by atoms with Gasteiger partial charge in [0.2, 0.25) is 10.0 Å². The minimum atomic E-state index is -4.94. The predicted octanol–water partition coefficient (Wildman–Crippen LogP) is 1.65. The average Bonchev–Trinajstić information content (AvgIpc) is 2.79. The van der Waals surface area contributed by atoms with Crippen molar-refractivity contribution in [1.82, 2.24) is 10.0 Å². The summed E-state index contributed by atoms with van der Waals surface area (Å²) < 4.78 is 67.1. The van der Waals surface area contributed by atoms with Crippen LogP contribution in [0.25, 0.3) is 0 Å². The zero-order chi connectivity index (χ0) is 14.8. The molecule has 21 heavy (non-hydrogen) atoms. The van der Waals surface area contributed by atoms with Crippen molar-refractivity contribution in [2.75, 3.05) is 13.1 Å². The molecule has 2 N–H and O–H groups in total. The summed E-state index contributed by atoms with van der Waals surface area (Å²) in [6, 6.07) is 4.32. The minimum absolute atomic E-state index is 0. The van der Waals surface area contributed by atoms with E-state index in [4.69, 9.17) is 0 Å². The van der Waals surface area contributed by atoms with Crippen LogP contribution in [0.4, 0.5) is 13.2 Å². The third kappa shape index (κ3) is 5.03. The van der Waals surface area contributed by atoms with E-state index in [1.54, 1.807) is 0 Å². The Hall–Kier alpha value is -1.03. The van der Waals surface area contributed by atoms with E-state index in [0.29, 0.717) is 19.5 Å². The number of rotatable bonds is 4. The highest BCUT2D eigenvalue weighted by Crippen LogP contribution is 2.29. The van der Waals surface area contributed by atoms with Crippen LogP contribution in [0.3, 0.4) is 0 Å². The molecule has 120 valence electrons. The van der Waals surface area contributed by atoms with Crippen LogP contribution in [0, 0.1) is 0 Å². The fourth-order valence-corrected chi connectivity index (χ4v) is 3.32. The molecular formula is C11H14ClF3N2O3S. The van der Waals surface area contributed by atoms with Crippen molar-refractivity contribution < 1.29 is 26.3 Å². The monoisotopic (exact) mass is 346 g/mol. The molecule has 1 aromatic rings. The molecule has 1 fully saturated rings. The lowest BCUT2D eigenvalue weighted by Gasteiger charge is -2.16. The van der Waals surface area contributed by atoms with Gasteiger partial charge in [0.25, 0.3) is 0 Å². The predicted molar refractivity (Wildman–Crippen MR) is 72.0 cm³/mol. The Balaban J connectivity index is 0.00000220. The van der Waals surface area contributed by atoms with Gasteiger partial charge in [0.05, 0.1) is 0 Å². The van der Waals surface area contributed by atoms with Crippen molar-refractivity contribution in [3.05, 3.63) is 24.3 Å². The molecule has 0 radical (unpaired) electrons. The summed E-state index contributed by atoms with van der Waals surface area (Å²) in [5, 5.41) is 2.96. The second kappa shape index (κ2) is 6.82. The normalized spacial score (nSPS) is 19.1. The van der Waals surface area contributed by atoms with Crippen molar-refractivity contribution >= 4 is 22.4 Å².